The maximum Gasteiger partial charge on any atom is 0.326 e. The zero-order valence-corrected chi connectivity index (χ0v) is 16.3. The van der Waals surface area contributed by atoms with Crippen LogP contribution in [0.25, 0.3) is 0 Å². The molecule has 1 aromatic rings. The number of hydrogen-bond acceptors (Lipinski definition) is 7. The van der Waals surface area contributed by atoms with E-state index in [9.17, 15) is 14.4 Å². The Bertz CT molecular complexity index is 760. The second kappa shape index (κ2) is 9.86. The lowest BCUT2D eigenvalue weighted by Gasteiger charge is -2.14. The lowest BCUT2D eigenvalue weighted by Crippen LogP contribution is -2.38. The third-order valence-corrected chi connectivity index (χ3v) is 4.54. The Labute approximate surface area is 162 Å². The number of nitrogens with one attached hydrogen (secondary N) is 1. The van der Waals surface area contributed by atoms with Crippen LogP contribution in [0.1, 0.15) is 27.2 Å². The number of esters is 1. The molecule has 27 heavy (non-hydrogen) atoms. The molecule has 0 radical (unpaired) electrons. The van der Waals surface area contributed by atoms with E-state index in [0.717, 1.165) is 11.8 Å². The second-order valence-corrected chi connectivity index (χ2v) is 7.05. The molecular formula is C18H22N4O4S. The van der Waals surface area contributed by atoms with Gasteiger partial charge < -0.3 is 10.1 Å². The van der Waals surface area contributed by atoms with Crippen molar-refractivity contribution in [1.29, 1.82) is 0 Å². The van der Waals surface area contributed by atoms with Crippen molar-refractivity contribution in [2.75, 3.05) is 18.5 Å². The second-order valence-electron chi connectivity index (χ2n) is 5.88. The van der Waals surface area contributed by atoms with Gasteiger partial charge in [-0.25, -0.2) is 0 Å². The Morgan fingerprint density at radius 1 is 1.26 bits per heavy atom. The molecule has 8 nitrogen and oxygen atoms in total. The summed E-state index contributed by atoms with van der Waals surface area (Å²) in [6, 6.07) is 8.99. The number of hydrogen-bond donors (Lipinski definition) is 1. The number of para-hydroxylation sites is 1. The molecule has 1 fully saturated rings. The van der Waals surface area contributed by atoms with Gasteiger partial charge in [0.2, 0.25) is 11.8 Å². The minimum atomic E-state index is -0.672. The zero-order valence-electron chi connectivity index (χ0n) is 15.5. The molecule has 1 aliphatic heterocycles. The molecule has 1 heterocycles. The standard InChI is InChI=1S/C18H22N4O4S/c1-4-26-16(24)11-22-17(25)14(27-18(22)21-20-12(2)3)10-15(23)19-13-8-6-5-7-9-13/h5-9,14H,4,10-11H2,1-3H3,(H,19,23)/b21-18+. The summed E-state index contributed by atoms with van der Waals surface area (Å²) in [5, 5.41) is 10.4. The van der Waals surface area contributed by atoms with Crippen LogP contribution in [0.3, 0.4) is 0 Å². The summed E-state index contributed by atoms with van der Waals surface area (Å²) in [5.74, 6) is -1.19. The van der Waals surface area contributed by atoms with Crippen LogP contribution >= 0.6 is 11.8 Å². The van der Waals surface area contributed by atoms with Gasteiger partial charge in [-0.05, 0) is 32.9 Å². The van der Waals surface area contributed by atoms with Crippen molar-refractivity contribution in [3.05, 3.63) is 30.3 Å². The highest BCUT2D eigenvalue weighted by Gasteiger charge is 2.40. The fraction of sp³-hybridized carbons (Fsp3) is 0.389. The molecule has 144 valence electrons. The molecule has 2 amide bonds. The van der Waals surface area contributed by atoms with E-state index in [1.54, 1.807) is 32.9 Å². The van der Waals surface area contributed by atoms with Crippen LogP contribution in [0.4, 0.5) is 5.69 Å². The molecule has 0 saturated carbocycles. The van der Waals surface area contributed by atoms with E-state index < -0.39 is 11.2 Å². The lowest BCUT2D eigenvalue weighted by molar-refractivity contribution is -0.146. The first-order valence-electron chi connectivity index (χ1n) is 8.48. The Morgan fingerprint density at radius 2 is 1.96 bits per heavy atom. The van der Waals surface area contributed by atoms with Crippen molar-refractivity contribution in [2.24, 2.45) is 10.2 Å². The number of benzene rings is 1. The van der Waals surface area contributed by atoms with Crippen LogP contribution < -0.4 is 5.32 Å². The van der Waals surface area contributed by atoms with Gasteiger partial charge in [0, 0.05) is 17.8 Å². The molecule has 0 aromatic heterocycles. The molecule has 0 aliphatic carbocycles. The largest absolute Gasteiger partial charge is 0.465 e. The van der Waals surface area contributed by atoms with Gasteiger partial charge in [-0.2, -0.15) is 5.10 Å². The monoisotopic (exact) mass is 390 g/mol. The summed E-state index contributed by atoms with van der Waals surface area (Å²) in [6.45, 7) is 5.19. The topological polar surface area (TPSA) is 100 Å². The molecule has 1 N–H and O–H groups in total. The highest BCUT2D eigenvalue weighted by molar-refractivity contribution is 8.15. The fourth-order valence-electron chi connectivity index (χ4n) is 2.24. The third-order valence-electron chi connectivity index (χ3n) is 3.38. The van der Waals surface area contributed by atoms with Crippen LogP contribution in [-0.2, 0) is 19.1 Å². The van der Waals surface area contributed by atoms with Gasteiger partial charge in [-0.1, -0.05) is 30.0 Å². The average Bonchev–Trinajstić information content (AvgIpc) is 2.90. The SMILES string of the molecule is CCOC(=O)CN1C(=O)C(CC(=O)Nc2ccccc2)S/C1=N/N=C(C)C. The van der Waals surface area contributed by atoms with Crippen molar-refractivity contribution in [2.45, 2.75) is 32.4 Å². The number of anilines is 1. The van der Waals surface area contributed by atoms with Crippen molar-refractivity contribution in [3.63, 3.8) is 0 Å². The van der Waals surface area contributed by atoms with Crippen LogP contribution in [0.2, 0.25) is 0 Å². The smallest absolute Gasteiger partial charge is 0.326 e. The minimum Gasteiger partial charge on any atom is -0.465 e. The maximum absolute atomic E-state index is 12.7. The molecule has 1 aromatic carbocycles. The third kappa shape index (κ3) is 6.21. The van der Waals surface area contributed by atoms with Gasteiger partial charge in [0.25, 0.3) is 0 Å². The number of amidine groups is 1. The van der Waals surface area contributed by atoms with E-state index >= 15 is 0 Å². The number of carbonyl (C=O) groups excluding carboxylic acids is 3. The summed E-state index contributed by atoms with van der Waals surface area (Å²) in [4.78, 5) is 38.0. The van der Waals surface area contributed by atoms with Gasteiger partial charge in [0.05, 0.1) is 6.61 Å². The molecule has 1 aliphatic rings. The van der Waals surface area contributed by atoms with Gasteiger partial charge in [0.15, 0.2) is 5.17 Å². The normalized spacial score (nSPS) is 17.7. The Hall–Kier alpha value is -2.68. The molecule has 0 spiro atoms. The molecular weight excluding hydrogens is 368 g/mol. The van der Waals surface area contributed by atoms with Crippen LogP contribution in [-0.4, -0.2) is 52.0 Å². The summed E-state index contributed by atoms with van der Waals surface area (Å²) < 4.78 is 4.91. The maximum atomic E-state index is 12.7. The van der Waals surface area contributed by atoms with Crippen LogP contribution in [0.15, 0.2) is 40.5 Å². The number of nitrogens with zero attached hydrogens (tertiary/aromatic N) is 3. The fourth-order valence-corrected chi connectivity index (χ4v) is 3.33. The molecule has 1 atom stereocenters. The van der Waals surface area contributed by atoms with Crippen LogP contribution in [0.5, 0.6) is 0 Å². The van der Waals surface area contributed by atoms with Crippen molar-refractivity contribution in [3.8, 4) is 0 Å². The summed E-state index contributed by atoms with van der Waals surface area (Å²) in [6.07, 6.45) is -0.0361. The van der Waals surface area contributed by atoms with Gasteiger partial charge in [-0.3, -0.25) is 19.3 Å². The highest BCUT2D eigenvalue weighted by Crippen LogP contribution is 2.30. The highest BCUT2D eigenvalue weighted by atomic mass is 32.2. The van der Waals surface area contributed by atoms with Gasteiger partial charge >= 0.3 is 5.97 Å². The zero-order chi connectivity index (χ0) is 19.8. The van der Waals surface area contributed by atoms with Gasteiger partial charge in [-0.15, -0.1) is 5.10 Å². The van der Waals surface area contributed by atoms with E-state index in [-0.39, 0.29) is 36.6 Å². The predicted octanol–water partition coefficient (Wildman–Crippen LogP) is 2.27. The van der Waals surface area contributed by atoms with Crippen molar-refractivity contribution < 1.29 is 19.1 Å². The number of carbonyl (C=O) groups is 3. The quantitative estimate of drug-likeness (QED) is 0.437. The Morgan fingerprint density at radius 3 is 2.59 bits per heavy atom. The summed E-state index contributed by atoms with van der Waals surface area (Å²) in [7, 11) is 0. The van der Waals surface area contributed by atoms with Crippen molar-refractivity contribution >= 4 is 46.1 Å². The lowest BCUT2D eigenvalue weighted by atomic mass is 10.2. The first kappa shape index (κ1) is 20.6. The van der Waals surface area contributed by atoms with Gasteiger partial charge in [0.1, 0.15) is 11.8 Å². The number of amides is 2. The Kier molecular flexibility index (Phi) is 7.54. The molecule has 1 saturated heterocycles. The first-order chi connectivity index (χ1) is 12.9. The van der Waals surface area contributed by atoms with E-state index in [4.69, 9.17) is 4.74 Å². The van der Waals surface area contributed by atoms with Crippen LogP contribution in [0, 0.1) is 0 Å². The average molecular weight is 390 g/mol. The first-order valence-corrected chi connectivity index (χ1v) is 9.36. The summed E-state index contributed by atoms with van der Waals surface area (Å²) in [5.41, 5.74) is 1.36. The molecule has 9 heteroatoms. The Balaban J connectivity index is 2.09. The van der Waals surface area contributed by atoms with E-state index in [1.807, 2.05) is 18.2 Å². The molecule has 0 bridgehead atoms. The summed E-state index contributed by atoms with van der Waals surface area (Å²) >= 11 is 1.12. The van der Waals surface area contributed by atoms with E-state index in [0.29, 0.717) is 11.4 Å². The minimum absolute atomic E-state index is 0.0361. The molecule has 1 unspecified atom stereocenters. The predicted molar refractivity (Wildman–Crippen MR) is 106 cm³/mol. The van der Waals surface area contributed by atoms with E-state index in [1.165, 1.54) is 4.90 Å². The molecule has 2 rings (SSSR count). The number of thioether (sulfide) groups is 1. The van der Waals surface area contributed by atoms with E-state index in [2.05, 4.69) is 15.5 Å². The number of ether oxygens (including phenoxy) is 1. The van der Waals surface area contributed by atoms with Crippen molar-refractivity contribution in [1.82, 2.24) is 4.90 Å². The number of rotatable bonds is 7.